The smallest absolute Gasteiger partial charge is 0.250 e. The molecule has 1 aromatic carbocycles. The van der Waals surface area contributed by atoms with E-state index in [1.54, 1.807) is 31.3 Å². The van der Waals surface area contributed by atoms with Crippen LogP contribution in [0.3, 0.4) is 0 Å². The minimum atomic E-state index is -3.03. The summed E-state index contributed by atoms with van der Waals surface area (Å²) in [5.41, 5.74) is 6.06. The minimum Gasteiger partial charge on any atom is -0.376 e. The number of benzene rings is 1. The molecule has 0 unspecified atom stereocenters. The number of anilines is 1. The van der Waals surface area contributed by atoms with E-state index in [0.717, 1.165) is 0 Å². The SMILES string of the molecule is CN(C(=O)CNc1ccccc1C(N)=O)[C@H]1CCS(=O)(=O)C1. The van der Waals surface area contributed by atoms with Crippen LogP contribution < -0.4 is 11.1 Å². The third-order valence-electron chi connectivity index (χ3n) is 3.77. The summed E-state index contributed by atoms with van der Waals surface area (Å²) >= 11 is 0. The number of hydrogen-bond donors (Lipinski definition) is 2. The van der Waals surface area contributed by atoms with Crippen LogP contribution in [0.25, 0.3) is 0 Å². The van der Waals surface area contributed by atoms with E-state index in [1.165, 1.54) is 4.90 Å². The summed E-state index contributed by atoms with van der Waals surface area (Å²) in [6.07, 6.45) is 0.461. The van der Waals surface area contributed by atoms with Crippen LogP contribution in [0.5, 0.6) is 0 Å². The number of rotatable bonds is 5. The number of primary amides is 1. The number of para-hydroxylation sites is 1. The fourth-order valence-electron chi connectivity index (χ4n) is 2.43. The number of nitrogens with one attached hydrogen (secondary N) is 1. The van der Waals surface area contributed by atoms with E-state index in [-0.39, 0.29) is 30.0 Å². The molecule has 0 bridgehead atoms. The highest BCUT2D eigenvalue weighted by molar-refractivity contribution is 7.91. The second-order valence-electron chi connectivity index (χ2n) is 5.32. The number of nitrogens with two attached hydrogens (primary N) is 1. The van der Waals surface area contributed by atoms with Crippen molar-refractivity contribution in [1.82, 2.24) is 4.90 Å². The molecule has 0 spiro atoms. The lowest BCUT2D eigenvalue weighted by atomic mass is 10.1. The highest BCUT2D eigenvalue weighted by Gasteiger charge is 2.32. The second kappa shape index (κ2) is 6.35. The van der Waals surface area contributed by atoms with Crippen LogP contribution in [0.4, 0.5) is 5.69 Å². The van der Waals surface area contributed by atoms with Gasteiger partial charge < -0.3 is 16.0 Å². The number of likely N-dealkylation sites (N-methyl/N-ethyl adjacent to an activating group) is 1. The molecule has 7 nitrogen and oxygen atoms in total. The molecule has 1 fully saturated rings. The number of carbonyl (C=O) groups is 2. The predicted octanol–water partition coefficient (Wildman–Crippen LogP) is -0.157. The largest absolute Gasteiger partial charge is 0.376 e. The summed E-state index contributed by atoms with van der Waals surface area (Å²) < 4.78 is 22.9. The maximum atomic E-state index is 12.1. The van der Waals surface area contributed by atoms with Crippen LogP contribution in [0.1, 0.15) is 16.8 Å². The van der Waals surface area contributed by atoms with Gasteiger partial charge in [0, 0.05) is 18.8 Å². The maximum absolute atomic E-state index is 12.1. The molecular formula is C14H19N3O4S. The van der Waals surface area contributed by atoms with Crippen molar-refractivity contribution in [1.29, 1.82) is 0 Å². The normalized spacial score (nSPS) is 19.6. The minimum absolute atomic E-state index is 0.00706. The number of sulfone groups is 1. The van der Waals surface area contributed by atoms with E-state index >= 15 is 0 Å². The summed E-state index contributed by atoms with van der Waals surface area (Å²) in [7, 11) is -1.44. The Labute approximate surface area is 129 Å². The van der Waals surface area contributed by atoms with Crippen LogP contribution >= 0.6 is 0 Å². The van der Waals surface area contributed by atoms with Gasteiger partial charge in [-0.1, -0.05) is 12.1 Å². The Bertz CT molecular complexity index is 687. The lowest BCUT2D eigenvalue weighted by Crippen LogP contribution is -2.41. The van der Waals surface area contributed by atoms with Gasteiger partial charge in [0.05, 0.1) is 23.6 Å². The average molecular weight is 325 g/mol. The third-order valence-corrected chi connectivity index (χ3v) is 5.52. The standard InChI is InChI=1S/C14H19N3O4S/c1-17(10-6-7-22(20,21)9-10)13(18)8-16-12-5-3-2-4-11(12)14(15)19/h2-5,10,16H,6-9H2,1H3,(H2,15,19)/t10-/m0/s1. The van der Waals surface area contributed by atoms with E-state index in [0.29, 0.717) is 17.7 Å². The Morgan fingerprint density at radius 1 is 1.36 bits per heavy atom. The maximum Gasteiger partial charge on any atom is 0.250 e. The molecule has 22 heavy (non-hydrogen) atoms. The fourth-order valence-corrected chi connectivity index (χ4v) is 4.21. The molecule has 0 saturated carbocycles. The van der Waals surface area contributed by atoms with Gasteiger partial charge in [0.1, 0.15) is 0 Å². The second-order valence-corrected chi connectivity index (χ2v) is 7.55. The highest BCUT2D eigenvalue weighted by atomic mass is 32.2. The van der Waals surface area contributed by atoms with Gasteiger partial charge >= 0.3 is 0 Å². The van der Waals surface area contributed by atoms with Gasteiger partial charge in [-0.2, -0.15) is 0 Å². The summed E-state index contributed by atoms with van der Waals surface area (Å²) in [6.45, 7) is -0.0304. The van der Waals surface area contributed by atoms with Crippen molar-refractivity contribution in [3.8, 4) is 0 Å². The summed E-state index contributed by atoms with van der Waals surface area (Å²) in [6, 6.07) is 6.36. The van der Waals surface area contributed by atoms with E-state index in [9.17, 15) is 18.0 Å². The van der Waals surface area contributed by atoms with E-state index in [2.05, 4.69) is 5.32 Å². The first kappa shape index (κ1) is 16.3. The molecule has 120 valence electrons. The molecule has 3 N–H and O–H groups in total. The van der Waals surface area contributed by atoms with Crippen molar-refractivity contribution in [3.05, 3.63) is 29.8 Å². The average Bonchev–Trinajstić information content (AvgIpc) is 2.84. The van der Waals surface area contributed by atoms with Gasteiger partial charge in [-0.05, 0) is 18.6 Å². The fraction of sp³-hybridized carbons (Fsp3) is 0.429. The lowest BCUT2D eigenvalue weighted by Gasteiger charge is -2.24. The summed E-state index contributed by atoms with van der Waals surface area (Å²) in [4.78, 5) is 24.9. The zero-order chi connectivity index (χ0) is 16.3. The topological polar surface area (TPSA) is 110 Å². The monoisotopic (exact) mass is 325 g/mol. The Hall–Kier alpha value is -2.09. The molecule has 0 aromatic heterocycles. The molecule has 0 aliphatic carbocycles. The van der Waals surface area contributed by atoms with Crippen LogP contribution in [0, 0.1) is 0 Å². The van der Waals surface area contributed by atoms with Crippen LogP contribution in [0.15, 0.2) is 24.3 Å². The summed E-state index contributed by atoms with van der Waals surface area (Å²) in [5.74, 6) is -0.687. The molecule has 1 aliphatic heterocycles. The quantitative estimate of drug-likeness (QED) is 0.782. The van der Waals surface area contributed by atoms with E-state index in [1.807, 2.05) is 0 Å². The van der Waals surface area contributed by atoms with Gasteiger partial charge in [0.2, 0.25) is 5.91 Å². The van der Waals surface area contributed by atoms with Gasteiger partial charge in [-0.15, -0.1) is 0 Å². The van der Waals surface area contributed by atoms with Crippen LogP contribution in [-0.2, 0) is 14.6 Å². The summed E-state index contributed by atoms with van der Waals surface area (Å²) in [5, 5.41) is 2.88. The molecule has 0 radical (unpaired) electrons. The highest BCUT2D eigenvalue weighted by Crippen LogP contribution is 2.17. The number of carbonyl (C=O) groups excluding carboxylic acids is 2. The predicted molar refractivity (Wildman–Crippen MR) is 83.3 cm³/mol. The van der Waals surface area contributed by atoms with Crippen LogP contribution in [0.2, 0.25) is 0 Å². The zero-order valence-electron chi connectivity index (χ0n) is 12.3. The molecule has 2 amide bonds. The number of hydrogen-bond acceptors (Lipinski definition) is 5. The molecule has 1 aromatic rings. The molecule has 1 heterocycles. The van der Waals surface area contributed by atoms with Crippen molar-refractivity contribution >= 4 is 27.3 Å². The third kappa shape index (κ3) is 3.76. The molecular weight excluding hydrogens is 306 g/mol. The Balaban J connectivity index is 1.97. The number of nitrogens with zero attached hydrogens (tertiary/aromatic N) is 1. The number of amides is 2. The molecule has 1 atom stereocenters. The van der Waals surface area contributed by atoms with E-state index < -0.39 is 15.7 Å². The Morgan fingerprint density at radius 2 is 2.05 bits per heavy atom. The first-order valence-electron chi connectivity index (χ1n) is 6.89. The molecule has 2 rings (SSSR count). The van der Waals surface area contributed by atoms with Gasteiger partial charge in [0.25, 0.3) is 5.91 Å². The van der Waals surface area contributed by atoms with Gasteiger partial charge in [-0.3, -0.25) is 9.59 Å². The van der Waals surface area contributed by atoms with Crippen molar-refractivity contribution < 1.29 is 18.0 Å². The Kier molecular flexibility index (Phi) is 4.70. The first-order chi connectivity index (χ1) is 10.3. The zero-order valence-corrected chi connectivity index (χ0v) is 13.1. The van der Waals surface area contributed by atoms with Crippen molar-refractivity contribution in [2.75, 3.05) is 30.4 Å². The Morgan fingerprint density at radius 3 is 2.64 bits per heavy atom. The van der Waals surface area contributed by atoms with Gasteiger partial charge in [0.15, 0.2) is 9.84 Å². The molecule has 1 aliphatic rings. The van der Waals surface area contributed by atoms with Crippen molar-refractivity contribution in [2.24, 2.45) is 5.73 Å². The van der Waals surface area contributed by atoms with Crippen LogP contribution in [-0.4, -0.2) is 56.3 Å². The lowest BCUT2D eigenvalue weighted by molar-refractivity contribution is -0.129. The van der Waals surface area contributed by atoms with E-state index in [4.69, 9.17) is 5.73 Å². The van der Waals surface area contributed by atoms with Crippen molar-refractivity contribution in [2.45, 2.75) is 12.5 Å². The molecule has 8 heteroatoms. The van der Waals surface area contributed by atoms with Crippen molar-refractivity contribution in [3.63, 3.8) is 0 Å². The molecule has 1 saturated heterocycles. The van der Waals surface area contributed by atoms with Gasteiger partial charge in [-0.25, -0.2) is 8.42 Å². The first-order valence-corrected chi connectivity index (χ1v) is 8.71.